The predicted octanol–water partition coefficient (Wildman–Crippen LogP) is 0.184. The molecule has 0 heterocycles. The zero-order valence-electron chi connectivity index (χ0n) is 10.3. The van der Waals surface area contributed by atoms with Crippen molar-refractivity contribution in [1.29, 1.82) is 0 Å². The Balaban J connectivity index is 4.11. The van der Waals surface area contributed by atoms with Crippen LogP contribution in [-0.2, 0) is 19.4 Å². The molecule has 0 saturated carbocycles. The summed E-state index contributed by atoms with van der Waals surface area (Å²) in [5.41, 5.74) is 0.341. The van der Waals surface area contributed by atoms with Gasteiger partial charge in [-0.05, 0) is 6.92 Å². The largest absolute Gasteiger partial charge is 0.456 e. The van der Waals surface area contributed by atoms with Crippen molar-refractivity contribution in [2.24, 2.45) is 0 Å². The second-order valence-corrected chi connectivity index (χ2v) is 6.74. The second kappa shape index (κ2) is 5.45. The molecule has 0 aromatic heterocycles. The molecule has 6 heteroatoms. The first-order chi connectivity index (χ1) is 7.03. The lowest BCUT2D eigenvalue weighted by Crippen LogP contribution is -2.45. The molecular formula is C10H20NO4S+. The molecule has 0 amide bonds. The quantitative estimate of drug-likeness (QED) is 0.383. The van der Waals surface area contributed by atoms with Crippen molar-refractivity contribution in [2.75, 3.05) is 39.4 Å². The molecule has 0 spiro atoms. The highest BCUT2D eigenvalue weighted by molar-refractivity contribution is 7.90. The Morgan fingerprint density at radius 1 is 1.38 bits per heavy atom. The summed E-state index contributed by atoms with van der Waals surface area (Å²) in [5, 5.41) is 0. The molecule has 0 aliphatic rings. The van der Waals surface area contributed by atoms with Gasteiger partial charge in [0.25, 0.3) is 0 Å². The van der Waals surface area contributed by atoms with Gasteiger partial charge in [0.2, 0.25) is 0 Å². The minimum atomic E-state index is -3.03. The van der Waals surface area contributed by atoms with Crippen LogP contribution in [0.2, 0.25) is 0 Å². The van der Waals surface area contributed by atoms with Crippen molar-refractivity contribution in [3.63, 3.8) is 0 Å². The Morgan fingerprint density at radius 2 is 1.88 bits per heavy atom. The number of rotatable bonds is 6. The molecule has 0 aromatic carbocycles. The normalized spacial score (nSPS) is 12.2. The fourth-order valence-electron chi connectivity index (χ4n) is 1.21. The third-order valence-electron chi connectivity index (χ3n) is 1.86. The van der Waals surface area contributed by atoms with Gasteiger partial charge >= 0.3 is 5.97 Å². The lowest BCUT2D eigenvalue weighted by atomic mass is 10.4. The Bertz CT molecular complexity index is 370. The summed E-state index contributed by atoms with van der Waals surface area (Å²) in [4.78, 5) is 11.1. The highest BCUT2D eigenvalue weighted by Crippen LogP contribution is 2.01. The summed E-state index contributed by atoms with van der Waals surface area (Å²) in [5.74, 6) is -0.420. The molecule has 0 saturated heterocycles. The number of hydrogen-bond donors (Lipinski definition) is 0. The molecule has 0 rings (SSSR count). The van der Waals surface area contributed by atoms with Crippen molar-refractivity contribution in [1.82, 2.24) is 0 Å². The molecule has 0 bridgehead atoms. The number of nitrogens with zero attached hydrogens (tertiary/aromatic N) is 1. The summed E-state index contributed by atoms with van der Waals surface area (Å²) in [6, 6.07) is 0. The SMILES string of the molecule is C=C(C)C(=O)OCC[N+](C)(C)CS(C)(=O)=O. The minimum absolute atomic E-state index is 0.0254. The van der Waals surface area contributed by atoms with Crippen LogP contribution in [0.1, 0.15) is 6.92 Å². The van der Waals surface area contributed by atoms with Crippen LogP contribution in [0.15, 0.2) is 12.2 Å². The number of esters is 1. The van der Waals surface area contributed by atoms with E-state index < -0.39 is 15.8 Å². The molecular weight excluding hydrogens is 230 g/mol. The Kier molecular flexibility index (Phi) is 5.15. The molecule has 0 aliphatic heterocycles. The van der Waals surface area contributed by atoms with Gasteiger partial charge in [-0.3, -0.25) is 0 Å². The van der Waals surface area contributed by atoms with Crippen LogP contribution in [0.3, 0.4) is 0 Å². The van der Waals surface area contributed by atoms with Crippen molar-refractivity contribution in [2.45, 2.75) is 6.92 Å². The van der Waals surface area contributed by atoms with Crippen LogP contribution in [0.25, 0.3) is 0 Å². The van der Waals surface area contributed by atoms with E-state index in [0.717, 1.165) is 0 Å². The molecule has 0 aliphatic carbocycles. The average Bonchev–Trinajstić information content (AvgIpc) is 1.98. The Morgan fingerprint density at radius 3 is 2.25 bits per heavy atom. The van der Waals surface area contributed by atoms with Crippen LogP contribution >= 0.6 is 0 Å². The van der Waals surface area contributed by atoms with Crippen molar-refractivity contribution in [3.8, 4) is 0 Å². The minimum Gasteiger partial charge on any atom is -0.456 e. The van der Waals surface area contributed by atoms with Gasteiger partial charge in [0.05, 0.1) is 14.1 Å². The van der Waals surface area contributed by atoms with Gasteiger partial charge in [-0.15, -0.1) is 0 Å². The predicted molar refractivity (Wildman–Crippen MR) is 62.5 cm³/mol. The molecule has 0 atom stereocenters. The number of carbonyl (C=O) groups excluding carboxylic acids is 1. The number of carbonyl (C=O) groups is 1. The van der Waals surface area contributed by atoms with Crippen LogP contribution in [0, 0.1) is 0 Å². The number of sulfone groups is 1. The molecule has 0 unspecified atom stereocenters. The maximum absolute atomic E-state index is 11.1. The highest BCUT2D eigenvalue weighted by Gasteiger charge is 2.21. The van der Waals surface area contributed by atoms with E-state index in [4.69, 9.17) is 4.74 Å². The smallest absolute Gasteiger partial charge is 0.333 e. The number of hydrogen-bond acceptors (Lipinski definition) is 4. The molecule has 0 aromatic rings. The maximum Gasteiger partial charge on any atom is 0.333 e. The molecule has 16 heavy (non-hydrogen) atoms. The molecule has 5 nitrogen and oxygen atoms in total. The first kappa shape index (κ1) is 15.1. The standard InChI is InChI=1S/C10H20NO4S/c1-9(2)10(12)15-7-6-11(3,4)8-16(5,13)14/h1,6-8H2,2-5H3/q+1. The highest BCUT2D eigenvalue weighted by atomic mass is 32.2. The van der Waals surface area contributed by atoms with E-state index in [0.29, 0.717) is 12.1 Å². The average molecular weight is 250 g/mol. The van der Waals surface area contributed by atoms with Gasteiger partial charge in [0.15, 0.2) is 15.7 Å². The van der Waals surface area contributed by atoms with Crippen molar-refractivity contribution < 1.29 is 22.4 Å². The van der Waals surface area contributed by atoms with E-state index in [1.54, 1.807) is 21.0 Å². The van der Waals surface area contributed by atoms with E-state index in [1.807, 2.05) is 0 Å². The van der Waals surface area contributed by atoms with E-state index >= 15 is 0 Å². The molecule has 0 fully saturated rings. The first-order valence-corrected chi connectivity index (χ1v) is 6.92. The van der Waals surface area contributed by atoms with Gasteiger partial charge in [-0.25, -0.2) is 13.2 Å². The third-order valence-corrected chi connectivity index (χ3v) is 3.03. The number of quaternary nitrogens is 1. The van der Waals surface area contributed by atoms with E-state index in [9.17, 15) is 13.2 Å². The van der Waals surface area contributed by atoms with Crippen molar-refractivity contribution in [3.05, 3.63) is 12.2 Å². The van der Waals surface area contributed by atoms with Gasteiger partial charge in [-0.2, -0.15) is 0 Å². The topological polar surface area (TPSA) is 60.4 Å². The third kappa shape index (κ3) is 7.42. The monoisotopic (exact) mass is 250 g/mol. The van der Waals surface area contributed by atoms with Crippen LogP contribution < -0.4 is 0 Å². The van der Waals surface area contributed by atoms with Crippen LogP contribution in [0.5, 0.6) is 0 Å². The Hall–Kier alpha value is -0.880. The van der Waals surface area contributed by atoms with Gasteiger partial charge in [0, 0.05) is 11.8 Å². The molecule has 0 radical (unpaired) electrons. The summed E-state index contributed by atoms with van der Waals surface area (Å²) >= 11 is 0. The van der Waals surface area contributed by atoms with Gasteiger partial charge in [0.1, 0.15) is 13.2 Å². The van der Waals surface area contributed by atoms with E-state index in [-0.39, 0.29) is 17.0 Å². The second-order valence-electron chi connectivity index (χ2n) is 4.63. The summed E-state index contributed by atoms with van der Waals surface area (Å²) < 4.78 is 27.4. The fraction of sp³-hybridized carbons (Fsp3) is 0.700. The lowest BCUT2D eigenvalue weighted by molar-refractivity contribution is -0.878. The lowest BCUT2D eigenvalue weighted by Gasteiger charge is -2.28. The maximum atomic E-state index is 11.1. The number of ether oxygens (including phenoxy) is 1. The molecule has 0 N–H and O–H groups in total. The zero-order valence-corrected chi connectivity index (χ0v) is 11.1. The van der Waals surface area contributed by atoms with Crippen LogP contribution in [-0.4, -0.2) is 58.2 Å². The van der Waals surface area contributed by atoms with E-state index in [1.165, 1.54) is 6.26 Å². The summed E-state index contributed by atoms with van der Waals surface area (Å²) in [6.45, 7) is 5.66. The first-order valence-electron chi connectivity index (χ1n) is 4.86. The Labute approximate surface area is 97.2 Å². The van der Waals surface area contributed by atoms with Crippen molar-refractivity contribution >= 4 is 15.8 Å². The van der Waals surface area contributed by atoms with Crippen LogP contribution in [0.4, 0.5) is 0 Å². The molecule has 94 valence electrons. The number of likely N-dealkylation sites (N-methyl/N-ethyl adjacent to an activating group) is 1. The van der Waals surface area contributed by atoms with Gasteiger partial charge < -0.3 is 9.22 Å². The summed E-state index contributed by atoms with van der Waals surface area (Å²) in [7, 11) is 0.512. The fourth-order valence-corrected chi connectivity index (χ4v) is 2.61. The van der Waals surface area contributed by atoms with E-state index in [2.05, 4.69) is 6.58 Å². The zero-order chi connectivity index (χ0) is 13.0. The van der Waals surface area contributed by atoms with Gasteiger partial charge in [-0.1, -0.05) is 6.58 Å². The summed E-state index contributed by atoms with van der Waals surface area (Å²) in [6.07, 6.45) is 1.19.